The Balaban J connectivity index is 1.55. The molecule has 0 saturated heterocycles. The molecule has 5 heteroatoms. The standard InChI is InChI=1S/C25H27N3O2/c1-3-23(19-10-6-4-7-11-19)26-18-24(29)27-21-16-14-20(15-17-21)25(30)28(2)22-12-8-5-9-13-22/h4-17,23,26H,3,18H2,1-2H3,(H,27,29). The molecule has 0 radical (unpaired) electrons. The normalized spacial score (nSPS) is 11.5. The number of amides is 2. The first-order valence-corrected chi connectivity index (χ1v) is 10.1. The Morgan fingerprint density at radius 1 is 0.867 bits per heavy atom. The van der Waals surface area contributed by atoms with Crippen LogP contribution in [0.4, 0.5) is 11.4 Å². The summed E-state index contributed by atoms with van der Waals surface area (Å²) < 4.78 is 0. The van der Waals surface area contributed by atoms with Gasteiger partial charge in [-0.25, -0.2) is 0 Å². The van der Waals surface area contributed by atoms with Crippen LogP contribution >= 0.6 is 0 Å². The second-order valence-electron chi connectivity index (χ2n) is 7.08. The van der Waals surface area contributed by atoms with Crippen molar-refractivity contribution in [3.05, 3.63) is 96.1 Å². The van der Waals surface area contributed by atoms with Gasteiger partial charge in [0.15, 0.2) is 0 Å². The summed E-state index contributed by atoms with van der Waals surface area (Å²) in [5.41, 5.74) is 3.22. The van der Waals surface area contributed by atoms with E-state index in [4.69, 9.17) is 0 Å². The second-order valence-corrected chi connectivity index (χ2v) is 7.08. The monoisotopic (exact) mass is 401 g/mol. The van der Waals surface area contributed by atoms with Crippen molar-refractivity contribution in [3.8, 4) is 0 Å². The summed E-state index contributed by atoms with van der Waals surface area (Å²) in [4.78, 5) is 26.6. The molecule has 0 spiro atoms. The molecular formula is C25H27N3O2. The molecule has 0 fully saturated rings. The fraction of sp³-hybridized carbons (Fsp3) is 0.200. The molecule has 30 heavy (non-hydrogen) atoms. The number of nitrogens with zero attached hydrogens (tertiary/aromatic N) is 1. The van der Waals surface area contributed by atoms with Gasteiger partial charge in [-0.3, -0.25) is 9.59 Å². The molecule has 0 aliphatic carbocycles. The van der Waals surface area contributed by atoms with Gasteiger partial charge in [-0.1, -0.05) is 55.5 Å². The zero-order chi connectivity index (χ0) is 21.3. The average Bonchev–Trinajstić information content (AvgIpc) is 2.80. The van der Waals surface area contributed by atoms with E-state index in [-0.39, 0.29) is 24.4 Å². The minimum Gasteiger partial charge on any atom is -0.325 e. The molecule has 3 aromatic rings. The highest BCUT2D eigenvalue weighted by atomic mass is 16.2. The van der Waals surface area contributed by atoms with Crippen molar-refractivity contribution in [2.45, 2.75) is 19.4 Å². The maximum absolute atomic E-state index is 12.7. The number of nitrogens with one attached hydrogen (secondary N) is 2. The largest absolute Gasteiger partial charge is 0.325 e. The summed E-state index contributed by atoms with van der Waals surface area (Å²) in [6.07, 6.45) is 0.892. The van der Waals surface area contributed by atoms with Gasteiger partial charge in [-0.15, -0.1) is 0 Å². The van der Waals surface area contributed by atoms with Gasteiger partial charge < -0.3 is 15.5 Å². The molecule has 0 aliphatic rings. The molecule has 0 heterocycles. The third-order valence-corrected chi connectivity index (χ3v) is 4.98. The number of hydrogen-bond donors (Lipinski definition) is 2. The summed E-state index contributed by atoms with van der Waals surface area (Å²) in [7, 11) is 1.75. The quantitative estimate of drug-likeness (QED) is 0.578. The van der Waals surface area contributed by atoms with E-state index < -0.39 is 0 Å². The van der Waals surface area contributed by atoms with Crippen molar-refractivity contribution in [1.82, 2.24) is 5.32 Å². The average molecular weight is 402 g/mol. The van der Waals surface area contributed by atoms with E-state index in [0.717, 1.165) is 12.1 Å². The van der Waals surface area contributed by atoms with Gasteiger partial charge in [0.1, 0.15) is 0 Å². The number of carbonyl (C=O) groups excluding carboxylic acids is 2. The predicted octanol–water partition coefficient (Wildman–Crippen LogP) is 4.64. The highest BCUT2D eigenvalue weighted by Crippen LogP contribution is 2.17. The highest BCUT2D eigenvalue weighted by Gasteiger charge is 2.14. The number of anilines is 2. The molecule has 0 bridgehead atoms. The number of rotatable bonds is 8. The molecule has 5 nitrogen and oxygen atoms in total. The van der Waals surface area contributed by atoms with Crippen molar-refractivity contribution >= 4 is 23.2 Å². The lowest BCUT2D eigenvalue weighted by molar-refractivity contribution is -0.115. The van der Waals surface area contributed by atoms with Gasteiger partial charge >= 0.3 is 0 Å². The summed E-state index contributed by atoms with van der Waals surface area (Å²) in [5.74, 6) is -0.223. The first kappa shape index (κ1) is 21.3. The molecular weight excluding hydrogens is 374 g/mol. The number of carbonyl (C=O) groups is 2. The fourth-order valence-electron chi connectivity index (χ4n) is 3.26. The lowest BCUT2D eigenvalue weighted by atomic mass is 10.0. The van der Waals surface area contributed by atoms with Crippen LogP contribution in [0.1, 0.15) is 35.3 Å². The number of para-hydroxylation sites is 1. The Morgan fingerprint density at radius 2 is 1.47 bits per heavy atom. The van der Waals surface area contributed by atoms with Crippen molar-refractivity contribution in [2.24, 2.45) is 0 Å². The molecule has 0 aromatic heterocycles. The van der Waals surface area contributed by atoms with Crippen LogP contribution < -0.4 is 15.5 Å². The first-order valence-electron chi connectivity index (χ1n) is 10.1. The minimum absolute atomic E-state index is 0.102. The van der Waals surface area contributed by atoms with Gasteiger partial charge in [0.25, 0.3) is 5.91 Å². The number of hydrogen-bond acceptors (Lipinski definition) is 3. The van der Waals surface area contributed by atoms with Crippen LogP contribution in [-0.4, -0.2) is 25.4 Å². The summed E-state index contributed by atoms with van der Waals surface area (Å²) in [6, 6.07) is 26.6. The topological polar surface area (TPSA) is 61.4 Å². The van der Waals surface area contributed by atoms with E-state index in [1.165, 1.54) is 5.56 Å². The molecule has 1 unspecified atom stereocenters. The summed E-state index contributed by atoms with van der Waals surface area (Å²) in [6.45, 7) is 2.30. The number of benzene rings is 3. The lowest BCUT2D eigenvalue weighted by Gasteiger charge is -2.18. The van der Waals surface area contributed by atoms with Gasteiger partial charge in [-0.05, 0) is 48.4 Å². The van der Waals surface area contributed by atoms with Crippen molar-refractivity contribution in [2.75, 3.05) is 23.8 Å². The molecule has 0 saturated carbocycles. The maximum atomic E-state index is 12.7. The van der Waals surface area contributed by atoms with Crippen LogP contribution in [0.2, 0.25) is 0 Å². The molecule has 154 valence electrons. The molecule has 2 amide bonds. The van der Waals surface area contributed by atoms with Crippen molar-refractivity contribution in [1.29, 1.82) is 0 Å². The fourth-order valence-corrected chi connectivity index (χ4v) is 3.26. The Bertz CT molecular complexity index is 957. The predicted molar refractivity (Wildman–Crippen MR) is 122 cm³/mol. The molecule has 2 N–H and O–H groups in total. The van der Waals surface area contributed by atoms with Crippen molar-refractivity contribution < 1.29 is 9.59 Å². The second kappa shape index (κ2) is 10.4. The third-order valence-electron chi connectivity index (χ3n) is 4.98. The SMILES string of the molecule is CCC(NCC(=O)Nc1ccc(C(=O)N(C)c2ccccc2)cc1)c1ccccc1. The maximum Gasteiger partial charge on any atom is 0.258 e. The molecule has 3 rings (SSSR count). The third kappa shape index (κ3) is 5.55. The van der Waals surface area contributed by atoms with Crippen LogP contribution in [0.3, 0.4) is 0 Å². The first-order chi connectivity index (χ1) is 14.6. The van der Waals surface area contributed by atoms with Gasteiger partial charge in [0.05, 0.1) is 6.54 Å². The summed E-state index contributed by atoms with van der Waals surface area (Å²) in [5, 5.41) is 6.17. The van der Waals surface area contributed by atoms with Crippen LogP contribution in [-0.2, 0) is 4.79 Å². The lowest BCUT2D eigenvalue weighted by Crippen LogP contribution is -2.31. The van der Waals surface area contributed by atoms with E-state index in [9.17, 15) is 9.59 Å². The van der Waals surface area contributed by atoms with E-state index in [1.54, 1.807) is 36.2 Å². The molecule has 1 atom stereocenters. The van der Waals surface area contributed by atoms with Crippen LogP contribution in [0.15, 0.2) is 84.9 Å². The smallest absolute Gasteiger partial charge is 0.258 e. The van der Waals surface area contributed by atoms with E-state index in [2.05, 4.69) is 29.7 Å². The van der Waals surface area contributed by atoms with Crippen LogP contribution in [0.25, 0.3) is 0 Å². The molecule has 3 aromatic carbocycles. The van der Waals surface area contributed by atoms with E-state index >= 15 is 0 Å². The van der Waals surface area contributed by atoms with Gasteiger partial charge in [0, 0.05) is 30.0 Å². The van der Waals surface area contributed by atoms with Crippen molar-refractivity contribution in [3.63, 3.8) is 0 Å². The summed E-state index contributed by atoms with van der Waals surface area (Å²) >= 11 is 0. The Morgan fingerprint density at radius 3 is 2.07 bits per heavy atom. The van der Waals surface area contributed by atoms with E-state index in [1.807, 2.05) is 48.5 Å². The Kier molecular flexibility index (Phi) is 7.35. The van der Waals surface area contributed by atoms with Gasteiger partial charge in [0.2, 0.25) is 5.91 Å². The highest BCUT2D eigenvalue weighted by molar-refractivity contribution is 6.06. The molecule has 0 aliphatic heterocycles. The Labute approximate surface area is 177 Å². The zero-order valence-corrected chi connectivity index (χ0v) is 17.3. The van der Waals surface area contributed by atoms with Gasteiger partial charge in [-0.2, -0.15) is 0 Å². The zero-order valence-electron chi connectivity index (χ0n) is 17.3. The minimum atomic E-state index is -0.120. The Hall–Kier alpha value is -3.44. The van der Waals surface area contributed by atoms with Crippen LogP contribution in [0, 0.1) is 0 Å². The van der Waals surface area contributed by atoms with E-state index in [0.29, 0.717) is 11.3 Å². The van der Waals surface area contributed by atoms with Crippen LogP contribution in [0.5, 0.6) is 0 Å².